The van der Waals surface area contributed by atoms with Gasteiger partial charge in [-0.25, -0.2) is 0 Å². The van der Waals surface area contributed by atoms with Gasteiger partial charge < -0.3 is 5.32 Å². The van der Waals surface area contributed by atoms with Crippen molar-refractivity contribution >= 4 is 12.0 Å². The van der Waals surface area contributed by atoms with E-state index < -0.39 is 0 Å². The van der Waals surface area contributed by atoms with Gasteiger partial charge in [0.2, 0.25) is 0 Å². The summed E-state index contributed by atoms with van der Waals surface area (Å²) in [5, 5.41) is 12.2. The molecule has 0 radical (unpaired) electrons. The Labute approximate surface area is 142 Å². The fourth-order valence-electron chi connectivity index (χ4n) is 3.05. The number of amides is 1. The van der Waals surface area contributed by atoms with E-state index in [9.17, 15) is 10.1 Å². The lowest BCUT2D eigenvalue weighted by Gasteiger charge is -2.11. The molecule has 2 aromatic rings. The topological polar surface area (TPSA) is 52.9 Å². The summed E-state index contributed by atoms with van der Waals surface area (Å²) in [6.07, 6.45) is 5.97. The molecule has 0 heterocycles. The van der Waals surface area contributed by atoms with Gasteiger partial charge in [0.25, 0.3) is 5.91 Å². The molecule has 0 aliphatic heterocycles. The summed E-state index contributed by atoms with van der Waals surface area (Å²) in [5.74, 6) is -0.267. The molecule has 0 spiro atoms. The van der Waals surface area contributed by atoms with Gasteiger partial charge in [-0.05, 0) is 35.6 Å². The van der Waals surface area contributed by atoms with E-state index in [1.54, 1.807) is 6.08 Å². The second kappa shape index (κ2) is 7.61. The van der Waals surface area contributed by atoms with E-state index in [0.29, 0.717) is 0 Å². The zero-order chi connectivity index (χ0) is 16.8. The summed E-state index contributed by atoms with van der Waals surface area (Å²) in [4.78, 5) is 12.2. The van der Waals surface area contributed by atoms with E-state index >= 15 is 0 Å². The van der Waals surface area contributed by atoms with Gasteiger partial charge in [0, 0.05) is 6.04 Å². The third-order valence-corrected chi connectivity index (χ3v) is 4.38. The highest BCUT2D eigenvalue weighted by atomic mass is 16.1. The van der Waals surface area contributed by atoms with Crippen molar-refractivity contribution in [3.8, 4) is 17.2 Å². The SMILES string of the molecule is N#CC(=Cc1ccc(-c2ccccc2)cc1)C(=O)NC1CCCC1. The number of carbonyl (C=O) groups is 1. The summed E-state index contributed by atoms with van der Waals surface area (Å²) in [6.45, 7) is 0. The van der Waals surface area contributed by atoms with Gasteiger partial charge >= 0.3 is 0 Å². The van der Waals surface area contributed by atoms with Crippen LogP contribution in [0.25, 0.3) is 17.2 Å². The number of rotatable bonds is 4. The van der Waals surface area contributed by atoms with Crippen molar-refractivity contribution in [2.24, 2.45) is 0 Å². The van der Waals surface area contributed by atoms with E-state index in [-0.39, 0.29) is 17.5 Å². The first-order valence-corrected chi connectivity index (χ1v) is 8.34. The van der Waals surface area contributed by atoms with E-state index in [1.807, 2.05) is 48.5 Å². The Morgan fingerprint density at radius 3 is 2.25 bits per heavy atom. The Bertz CT molecular complexity index is 764. The highest BCUT2D eigenvalue weighted by molar-refractivity contribution is 6.01. The molecule has 0 bridgehead atoms. The molecule has 3 heteroatoms. The second-order valence-electron chi connectivity index (χ2n) is 6.11. The average molecular weight is 316 g/mol. The number of benzene rings is 2. The molecule has 3 nitrogen and oxygen atoms in total. The number of carbonyl (C=O) groups excluding carboxylic acids is 1. The first kappa shape index (κ1) is 16.0. The zero-order valence-electron chi connectivity index (χ0n) is 13.5. The van der Waals surface area contributed by atoms with E-state index in [1.165, 1.54) is 0 Å². The Balaban J connectivity index is 1.73. The molecule has 0 aromatic heterocycles. The monoisotopic (exact) mass is 316 g/mol. The van der Waals surface area contributed by atoms with Crippen molar-refractivity contribution in [3.63, 3.8) is 0 Å². The molecular weight excluding hydrogens is 296 g/mol. The van der Waals surface area contributed by atoms with Crippen LogP contribution < -0.4 is 5.32 Å². The van der Waals surface area contributed by atoms with Crippen molar-refractivity contribution in [2.75, 3.05) is 0 Å². The van der Waals surface area contributed by atoms with Crippen LogP contribution in [0.1, 0.15) is 31.2 Å². The molecule has 1 fully saturated rings. The summed E-state index contributed by atoms with van der Waals surface area (Å²) in [7, 11) is 0. The van der Waals surface area contributed by atoms with Crippen LogP contribution in [0.4, 0.5) is 0 Å². The number of nitrogens with zero attached hydrogens (tertiary/aromatic N) is 1. The highest BCUT2D eigenvalue weighted by Gasteiger charge is 2.19. The number of hydrogen-bond donors (Lipinski definition) is 1. The molecule has 120 valence electrons. The normalized spacial score (nSPS) is 15.0. The predicted molar refractivity (Wildman–Crippen MR) is 95.9 cm³/mol. The maximum atomic E-state index is 12.2. The summed E-state index contributed by atoms with van der Waals surface area (Å²) < 4.78 is 0. The van der Waals surface area contributed by atoms with Crippen LogP contribution >= 0.6 is 0 Å². The Morgan fingerprint density at radius 1 is 1.00 bits per heavy atom. The van der Waals surface area contributed by atoms with Crippen LogP contribution in [-0.4, -0.2) is 11.9 Å². The van der Waals surface area contributed by atoms with Crippen LogP contribution in [0.3, 0.4) is 0 Å². The lowest BCUT2D eigenvalue weighted by molar-refractivity contribution is -0.117. The van der Waals surface area contributed by atoms with Gasteiger partial charge in [0.05, 0.1) is 0 Å². The largest absolute Gasteiger partial charge is 0.349 e. The quantitative estimate of drug-likeness (QED) is 0.674. The fourth-order valence-corrected chi connectivity index (χ4v) is 3.05. The summed E-state index contributed by atoms with van der Waals surface area (Å²) in [6, 6.07) is 20.2. The number of nitrogens with one attached hydrogen (secondary N) is 1. The van der Waals surface area contributed by atoms with Crippen molar-refractivity contribution < 1.29 is 4.79 Å². The second-order valence-corrected chi connectivity index (χ2v) is 6.11. The van der Waals surface area contributed by atoms with Gasteiger partial charge in [0.15, 0.2) is 0 Å². The van der Waals surface area contributed by atoms with E-state index in [4.69, 9.17) is 0 Å². The smallest absolute Gasteiger partial charge is 0.262 e. The highest BCUT2D eigenvalue weighted by Crippen LogP contribution is 2.21. The standard InChI is InChI=1S/C21H20N2O/c22-15-19(21(24)23-20-8-4-5-9-20)14-16-10-12-18(13-11-16)17-6-2-1-3-7-17/h1-3,6-7,10-14,20H,4-5,8-9H2,(H,23,24). The molecule has 0 saturated heterocycles. The maximum absolute atomic E-state index is 12.2. The zero-order valence-corrected chi connectivity index (χ0v) is 13.5. The minimum absolute atomic E-state index is 0.161. The maximum Gasteiger partial charge on any atom is 0.262 e. The fraction of sp³-hybridized carbons (Fsp3) is 0.238. The third kappa shape index (κ3) is 3.91. The van der Waals surface area contributed by atoms with Crippen LogP contribution in [-0.2, 0) is 4.79 Å². The van der Waals surface area contributed by atoms with Gasteiger partial charge in [-0.3, -0.25) is 4.79 Å². The number of hydrogen-bond acceptors (Lipinski definition) is 2. The van der Waals surface area contributed by atoms with Gasteiger partial charge in [-0.15, -0.1) is 0 Å². The molecular formula is C21H20N2O. The predicted octanol–water partition coefficient (Wildman–Crippen LogP) is 4.32. The van der Waals surface area contributed by atoms with Crippen molar-refractivity contribution in [1.82, 2.24) is 5.32 Å². The van der Waals surface area contributed by atoms with Gasteiger partial charge in [-0.2, -0.15) is 5.26 Å². The van der Waals surface area contributed by atoms with Gasteiger partial charge in [0.1, 0.15) is 11.6 Å². The lowest BCUT2D eigenvalue weighted by atomic mass is 10.0. The molecule has 1 aliphatic rings. The molecule has 3 rings (SSSR count). The molecule has 24 heavy (non-hydrogen) atoms. The molecule has 1 amide bonds. The van der Waals surface area contributed by atoms with Crippen LogP contribution in [0.2, 0.25) is 0 Å². The molecule has 1 N–H and O–H groups in total. The average Bonchev–Trinajstić information content (AvgIpc) is 3.14. The minimum atomic E-state index is -0.267. The molecule has 0 unspecified atom stereocenters. The van der Waals surface area contributed by atoms with E-state index in [0.717, 1.165) is 42.4 Å². The van der Waals surface area contributed by atoms with E-state index in [2.05, 4.69) is 17.4 Å². The van der Waals surface area contributed by atoms with Crippen LogP contribution in [0.15, 0.2) is 60.2 Å². The first-order valence-electron chi connectivity index (χ1n) is 8.34. The summed E-state index contributed by atoms with van der Waals surface area (Å²) >= 11 is 0. The molecule has 0 atom stereocenters. The van der Waals surface area contributed by atoms with Crippen molar-refractivity contribution in [2.45, 2.75) is 31.7 Å². The molecule has 1 saturated carbocycles. The summed E-state index contributed by atoms with van der Waals surface area (Å²) in [5.41, 5.74) is 3.27. The third-order valence-electron chi connectivity index (χ3n) is 4.38. The number of nitriles is 1. The van der Waals surface area contributed by atoms with Crippen molar-refractivity contribution in [3.05, 3.63) is 65.7 Å². The lowest BCUT2D eigenvalue weighted by Crippen LogP contribution is -2.33. The van der Waals surface area contributed by atoms with Crippen LogP contribution in [0, 0.1) is 11.3 Å². The Kier molecular flexibility index (Phi) is 5.08. The van der Waals surface area contributed by atoms with Crippen molar-refractivity contribution in [1.29, 1.82) is 5.26 Å². The van der Waals surface area contributed by atoms with Crippen LogP contribution in [0.5, 0.6) is 0 Å². The molecule has 2 aromatic carbocycles. The molecule has 1 aliphatic carbocycles. The minimum Gasteiger partial charge on any atom is -0.349 e. The van der Waals surface area contributed by atoms with Gasteiger partial charge in [-0.1, -0.05) is 67.4 Å². The Hall–Kier alpha value is -2.86. The first-order chi connectivity index (χ1) is 11.8. The Morgan fingerprint density at radius 2 is 1.62 bits per heavy atom.